The van der Waals surface area contributed by atoms with Gasteiger partial charge in [0.05, 0.1) is 29.2 Å². The quantitative estimate of drug-likeness (QED) is 0.728. The number of nitrogens with zero attached hydrogens (tertiary/aromatic N) is 3. The van der Waals surface area contributed by atoms with Crippen molar-refractivity contribution in [1.29, 1.82) is 10.5 Å². The van der Waals surface area contributed by atoms with E-state index < -0.39 is 29.3 Å². The average molecular weight is 383 g/mol. The van der Waals surface area contributed by atoms with Crippen LogP contribution in [-0.2, 0) is 24.6 Å². The van der Waals surface area contributed by atoms with Crippen molar-refractivity contribution in [2.75, 3.05) is 26.3 Å². The van der Waals surface area contributed by atoms with Crippen molar-refractivity contribution in [1.82, 2.24) is 4.31 Å². The Morgan fingerprint density at radius 1 is 1.16 bits per heavy atom. The maximum atomic E-state index is 13.0. The molecule has 1 fully saturated rings. The molecule has 1 atom stereocenters. The summed E-state index contributed by atoms with van der Waals surface area (Å²) in [7, 11) is -8.53. The van der Waals surface area contributed by atoms with Gasteiger partial charge < -0.3 is 4.74 Å². The first kappa shape index (κ1) is 19.3. The Labute approximate surface area is 147 Å². The zero-order chi connectivity index (χ0) is 18.7. The highest BCUT2D eigenvalue weighted by Gasteiger charge is 2.42. The summed E-state index contributed by atoms with van der Waals surface area (Å²) in [6.45, 7) is 2.02. The normalized spacial score (nSPS) is 17.4. The molecule has 25 heavy (non-hydrogen) atoms. The van der Waals surface area contributed by atoms with E-state index in [1.54, 1.807) is 12.1 Å². The molecule has 0 bridgehead atoms. The molecule has 0 saturated carbocycles. The summed E-state index contributed by atoms with van der Waals surface area (Å²) in [4.78, 5) is -0.433. The molecule has 1 saturated heterocycles. The summed E-state index contributed by atoms with van der Waals surface area (Å²) in [6, 6.07) is 7.25. The van der Waals surface area contributed by atoms with Gasteiger partial charge in [-0.05, 0) is 18.6 Å². The summed E-state index contributed by atoms with van der Waals surface area (Å²) in [6.07, 6.45) is -0.177. The van der Waals surface area contributed by atoms with E-state index in [2.05, 4.69) is 0 Å². The van der Waals surface area contributed by atoms with Crippen LogP contribution in [0.3, 0.4) is 0 Å². The van der Waals surface area contributed by atoms with Crippen LogP contribution < -0.4 is 0 Å². The number of nitriles is 2. The molecule has 134 valence electrons. The lowest BCUT2D eigenvalue weighted by Gasteiger charge is -2.29. The third-order valence-corrected chi connectivity index (χ3v) is 9.46. The SMILES string of the molecule is CCC(S(=O)(=O)c1cccc(C#N)c1C#N)S(=O)(=O)N1CCOCC1. The highest BCUT2D eigenvalue weighted by Crippen LogP contribution is 2.29. The van der Waals surface area contributed by atoms with E-state index in [4.69, 9.17) is 10.00 Å². The lowest BCUT2D eigenvalue weighted by atomic mass is 10.1. The predicted molar refractivity (Wildman–Crippen MR) is 88.4 cm³/mol. The van der Waals surface area contributed by atoms with E-state index in [0.717, 1.165) is 10.4 Å². The number of hydrogen-bond acceptors (Lipinski definition) is 7. The molecule has 0 amide bonds. The first-order valence-corrected chi connectivity index (χ1v) is 10.6. The highest BCUT2D eigenvalue weighted by molar-refractivity contribution is 8.08. The first-order valence-electron chi connectivity index (χ1n) is 7.54. The van der Waals surface area contributed by atoms with Crippen molar-refractivity contribution in [3.8, 4) is 12.1 Å². The number of sulfonamides is 1. The Morgan fingerprint density at radius 3 is 2.32 bits per heavy atom. The minimum absolute atomic E-state index is 0.0810. The molecule has 1 heterocycles. The first-order chi connectivity index (χ1) is 11.8. The van der Waals surface area contributed by atoms with Crippen molar-refractivity contribution < 1.29 is 21.6 Å². The van der Waals surface area contributed by atoms with Gasteiger partial charge >= 0.3 is 0 Å². The molecule has 0 radical (unpaired) electrons. The molecule has 0 aromatic heterocycles. The Balaban J connectivity index is 2.58. The van der Waals surface area contributed by atoms with Crippen molar-refractivity contribution in [2.24, 2.45) is 0 Å². The summed E-state index contributed by atoms with van der Waals surface area (Å²) >= 11 is 0. The lowest BCUT2D eigenvalue weighted by molar-refractivity contribution is 0.0729. The smallest absolute Gasteiger partial charge is 0.232 e. The molecule has 1 aliphatic rings. The Kier molecular flexibility index (Phi) is 5.80. The number of morpholine rings is 1. The minimum atomic E-state index is -4.38. The molecule has 1 aliphatic heterocycles. The van der Waals surface area contributed by atoms with Crippen LogP contribution in [0.25, 0.3) is 0 Å². The van der Waals surface area contributed by atoms with Crippen LogP contribution in [0.4, 0.5) is 0 Å². The van der Waals surface area contributed by atoms with E-state index in [9.17, 15) is 22.1 Å². The van der Waals surface area contributed by atoms with Crippen LogP contribution in [0.2, 0.25) is 0 Å². The van der Waals surface area contributed by atoms with Crippen LogP contribution in [0.5, 0.6) is 0 Å². The maximum absolute atomic E-state index is 13.0. The van der Waals surface area contributed by atoms with Gasteiger partial charge in [0.15, 0.2) is 14.4 Å². The largest absolute Gasteiger partial charge is 0.379 e. The lowest BCUT2D eigenvalue weighted by Crippen LogP contribution is -2.47. The van der Waals surface area contributed by atoms with Gasteiger partial charge in [-0.15, -0.1) is 0 Å². The van der Waals surface area contributed by atoms with Crippen LogP contribution in [0, 0.1) is 22.7 Å². The van der Waals surface area contributed by atoms with Gasteiger partial charge in [0.2, 0.25) is 10.0 Å². The zero-order valence-electron chi connectivity index (χ0n) is 13.5. The number of sulfone groups is 1. The number of benzene rings is 1. The van der Waals surface area contributed by atoms with Crippen molar-refractivity contribution in [3.05, 3.63) is 29.3 Å². The number of rotatable bonds is 5. The van der Waals surface area contributed by atoms with Crippen molar-refractivity contribution in [2.45, 2.75) is 22.8 Å². The fourth-order valence-electron chi connectivity index (χ4n) is 2.68. The van der Waals surface area contributed by atoms with Crippen LogP contribution in [0.15, 0.2) is 23.1 Å². The van der Waals surface area contributed by atoms with Gasteiger partial charge in [0.1, 0.15) is 12.1 Å². The van der Waals surface area contributed by atoms with Gasteiger partial charge in [0, 0.05) is 13.1 Å². The second kappa shape index (κ2) is 7.50. The Hall–Kier alpha value is -1.98. The zero-order valence-corrected chi connectivity index (χ0v) is 15.2. The van der Waals surface area contributed by atoms with Crippen LogP contribution in [-0.4, -0.2) is 52.0 Å². The van der Waals surface area contributed by atoms with Crippen LogP contribution in [0.1, 0.15) is 24.5 Å². The number of ether oxygens (including phenoxy) is 1. The van der Waals surface area contributed by atoms with E-state index in [0.29, 0.717) is 0 Å². The van der Waals surface area contributed by atoms with Gasteiger partial charge in [0.25, 0.3) is 0 Å². The van der Waals surface area contributed by atoms with Crippen LogP contribution >= 0.6 is 0 Å². The monoisotopic (exact) mass is 383 g/mol. The minimum Gasteiger partial charge on any atom is -0.379 e. The molecule has 1 aromatic rings. The molecular weight excluding hydrogens is 366 g/mol. The summed E-state index contributed by atoms with van der Waals surface area (Å²) < 4.78 is 56.2. The summed E-state index contributed by atoms with van der Waals surface area (Å²) in [5, 5.41) is 18.3. The molecule has 8 nitrogen and oxygen atoms in total. The molecule has 1 unspecified atom stereocenters. The highest BCUT2D eigenvalue weighted by atomic mass is 32.3. The summed E-state index contributed by atoms with van der Waals surface area (Å²) in [5.41, 5.74) is -0.442. The predicted octanol–water partition coefficient (Wildman–Crippen LogP) is 0.602. The third-order valence-electron chi connectivity index (χ3n) is 3.91. The van der Waals surface area contributed by atoms with E-state index >= 15 is 0 Å². The average Bonchev–Trinajstić information content (AvgIpc) is 2.61. The van der Waals surface area contributed by atoms with Crippen molar-refractivity contribution >= 4 is 19.9 Å². The Morgan fingerprint density at radius 2 is 1.80 bits per heavy atom. The maximum Gasteiger partial charge on any atom is 0.232 e. The summed E-state index contributed by atoms with van der Waals surface area (Å²) in [5.74, 6) is 0. The second-order valence-corrected chi connectivity index (χ2v) is 9.85. The van der Waals surface area contributed by atoms with Gasteiger partial charge in [-0.2, -0.15) is 14.8 Å². The van der Waals surface area contributed by atoms with Crippen molar-refractivity contribution in [3.63, 3.8) is 0 Å². The Bertz CT molecular complexity index is 936. The second-order valence-electron chi connectivity index (χ2n) is 5.34. The molecule has 0 N–H and O–H groups in total. The standard InChI is InChI=1S/C15H17N3O5S2/c1-2-15(25(21,22)18-6-8-23-9-7-18)24(19,20)14-5-3-4-12(10-16)13(14)11-17/h3-5,15H,2,6-9H2,1H3. The van der Waals surface area contributed by atoms with E-state index in [1.807, 2.05) is 0 Å². The topological polar surface area (TPSA) is 128 Å². The van der Waals surface area contributed by atoms with E-state index in [-0.39, 0.29) is 43.9 Å². The molecule has 0 spiro atoms. The molecule has 2 rings (SSSR count). The fraction of sp³-hybridized carbons (Fsp3) is 0.467. The van der Waals surface area contributed by atoms with Gasteiger partial charge in [-0.3, -0.25) is 0 Å². The fourth-order valence-corrected chi connectivity index (χ4v) is 7.47. The molecular formula is C15H17N3O5S2. The molecule has 0 aliphatic carbocycles. The molecule has 1 aromatic carbocycles. The van der Waals surface area contributed by atoms with Gasteiger partial charge in [-0.25, -0.2) is 16.8 Å². The third kappa shape index (κ3) is 3.53. The molecule has 10 heteroatoms. The van der Waals surface area contributed by atoms with Gasteiger partial charge in [-0.1, -0.05) is 13.0 Å². The van der Waals surface area contributed by atoms with E-state index in [1.165, 1.54) is 19.1 Å². The number of hydrogen-bond donors (Lipinski definition) is 0.